The first-order chi connectivity index (χ1) is 11.2. The number of benzene rings is 2. The molecular formula is C17H16N2O3S2. The summed E-state index contributed by atoms with van der Waals surface area (Å²) in [6, 6.07) is 10.0. The molecule has 0 bridgehead atoms. The second-order valence-corrected chi connectivity index (χ2v) is 8.72. The fourth-order valence-electron chi connectivity index (χ4n) is 2.47. The van der Waals surface area contributed by atoms with Crippen LogP contribution in [0.15, 0.2) is 41.3 Å². The van der Waals surface area contributed by atoms with Gasteiger partial charge in [0.1, 0.15) is 0 Å². The number of hydrogen-bond donors (Lipinski definition) is 1. The summed E-state index contributed by atoms with van der Waals surface area (Å²) in [6.07, 6.45) is 1.11. The second-order valence-electron chi connectivity index (χ2n) is 5.70. The number of thiazole rings is 1. The van der Waals surface area contributed by atoms with Crippen LogP contribution in [0.25, 0.3) is 10.2 Å². The summed E-state index contributed by atoms with van der Waals surface area (Å²) >= 11 is 1.40. The molecule has 0 unspecified atom stereocenters. The van der Waals surface area contributed by atoms with E-state index < -0.39 is 9.84 Å². The van der Waals surface area contributed by atoms with Crippen molar-refractivity contribution in [1.29, 1.82) is 0 Å². The van der Waals surface area contributed by atoms with Gasteiger partial charge in [0, 0.05) is 11.8 Å². The monoisotopic (exact) mass is 360 g/mol. The molecule has 0 saturated carbocycles. The molecule has 3 rings (SSSR count). The van der Waals surface area contributed by atoms with Gasteiger partial charge >= 0.3 is 0 Å². The highest BCUT2D eigenvalue weighted by molar-refractivity contribution is 7.90. The molecule has 0 fully saturated rings. The lowest BCUT2D eigenvalue weighted by molar-refractivity contribution is 0.102. The van der Waals surface area contributed by atoms with Crippen molar-refractivity contribution in [1.82, 2.24) is 4.98 Å². The van der Waals surface area contributed by atoms with Gasteiger partial charge in [-0.25, -0.2) is 13.4 Å². The first-order valence-corrected chi connectivity index (χ1v) is 9.94. The van der Waals surface area contributed by atoms with Crippen LogP contribution in [0.1, 0.15) is 21.5 Å². The van der Waals surface area contributed by atoms with Crippen LogP contribution in [0, 0.1) is 13.8 Å². The molecule has 0 spiro atoms. The first kappa shape index (κ1) is 16.6. The Balaban J connectivity index is 1.92. The summed E-state index contributed by atoms with van der Waals surface area (Å²) < 4.78 is 24.3. The molecular weight excluding hydrogens is 344 g/mol. The summed E-state index contributed by atoms with van der Waals surface area (Å²) in [4.78, 5) is 16.9. The molecule has 2 aromatic carbocycles. The van der Waals surface area contributed by atoms with Crippen molar-refractivity contribution >= 4 is 42.4 Å². The minimum atomic E-state index is -3.36. The van der Waals surface area contributed by atoms with E-state index in [9.17, 15) is 13.2 Å². The molecule has 124 valence electrons. The molecule has 0 saturated heterocycles. The molecule has 0 atom stereocenters. The van der Waals surface area contributed by atoms with E-state index >= 15 is 0 Å². The van der Waals surface area contributed by atoms with E-state index in [-0.39, 0.29) is 16.4 Å². The number of nitrogens with one attached hydrogen (secondary N) is 1. The number of carbonyl (C=O) groups is 1. The molecule has 3 aromatic rings. The van der Waals surface area contributed by atoms with Gasteiger partial charge in [-0.05, 0) is 49.2 Å². The second kappa shape index (κ2) is 5.99. The third-order valence-corrected chi connectivity index (χ3v) is 5.80. The lowest BCUT2D eigenvalue weighted by atomic mass is 10.1. The lowest BCUT2D eigenvalue weighted by Crippen LogP contribution is -2.12. The Morgan fingerprint density at radius 1 is 1.17 bits per heavy atom. The van der Waals surface area contributed by atoms with Gasteiger partial charge in [0.05, 0.1) is 15.1 Å². The van der Waals surface area contributed by atoms with E-state index in [1.54, 1.807) is 12.1 Å². The molecule has 0 radical (unpaired) electrons. The minimum absolute atomic E-state index is 0.117. The summed E-state index contributed by atoms with van der Waals surface area (Å²) in [5.41, 5.74) is 3.36. The van der Waals surface area contributed by atoms with E-state index in [4.69, 9.17) is 0 Å². The number of amides is 1. The predicted molar refractivity (Wildman–Crippen MR) is 96.6 cm³/mol. The van der Waals surface area contributed by atoms with Crippen LogP contribution in [-0.2, 0) is 9.84 Å². The Hall–Kier alpha value is -2.25. The van der Waals surface area contributed by atoms with Gasteiger partial charge in [-0.3, -0.25) is 10.1 Å². The van der Waals surface area contributed by atoms with E-state index in [1.807, 2.05) is 19.9 Å². The summed E-state index contributed by atoms with van der Waals surface area (Å²) in [5, 5.41) is 3.24. The number of fused-ring (bicyclic) bond motifs is 1. The number of sulfone groups is 1. The fraction of sp³-hybridized carbons (Fsp3) is 0.176. The summed E-state index contributed by atoms with van der Waals surface area (Å²) in [6.45, 7) is 4.01. The molecule has 7 heteroatoms. The van der Waals surface area contributed by atoms with Gasteiger partial charge in [0.25, 0.3) is 5.91 Å². The van der Waals surface area contributed by atoms with Gasteiger partial charge in [-0.2, -0.15) is 0 Å². The van der Waals surface area contributed by atoms with Gasteiger partial charge in [0.15, 0.2) is 15.0 Å². The average Bonchev–Trinajstić information content (AvgIpc) is 2.89. The Labute approximate surface area is 144 Å². The number of hydrogen-bond acceptors (Lipinski definition) is 5. The maximum Gasteiger partial charge on any atom is 0.257 e. The lowest BCUT2D eigenvalue weighted by Gasteiger charge is -2.03. The predicted octanol–water partition coefficient (Wildman–Crippen LogP) is 3.57. The minimum Gasteiger partial charge on any atom is -0.298 e. The van der Waals surface area contributed by atoms with E-state index in [0.717, 1.165) is 27.6 Å². The molecule has 1 amide bonds. The van der Waals surface area contributed by atoms with Gasteiger partial charge < -0.3 is 0 Å². The molecule has 1 heterocycles. The summed E-state index contributed by atoms with van der Waals surface area (Å²) in [5.74, 6) is -0.381. The molecule has 0 aliphatic carbocycles. The zero-order chi connectivity index (χ0) is 17.5. The SMILES string of the molecule is Cc1cc(C)c2sc(NC(=O)c3cccc(S(C)(=O)=O)c3)nc2c1. The van der Waals surface area contributed by atoms with Crippen LogP contribution in [-0.4, -0.2) is 25.6 Å². The largest absolute Gasteiger partial charge is 0.298 e. The van der Waals surface area contributed by atoms with Crippen LogP contribution in [0.3, 0.4) is 0 Å². The van der Waals surface area contributed by atoms with Crippen LogP contribution < -0.4 is 5.32 Å². The number of carbonyl (C=O) groups excluding carboxylic acids is 1. The molecule has 0 aliphatic rings. The molecule has 1 N–H and O–H groups in total. The number of rotatable bonds is 3. The van der Waals surface area contributed by atoms with Crippen molar-refractivity contribution in [3.63, 3.8) is 0 Å². The molecule has 0 aliphatic heterocycles. The van der Waals surface area contributed by atoms with E-state index in [2.05, 4.69) is 16.4 Å². The highest BCUT2D eigenvalue weighted by atomic mass is 32.2. The number of aryl methyl sites for hydroxylation is 2. The highest BCUT2D eigenvalue weighted by Crippen LogP contribution is 2.30. The fourth-order valence-corrected chi connectivity index (χ4v) is 4.04. The van der Waals surface area contributed by atoms with Crippen molar-refractivity contribution < 1.29 is 13.2 Å². The van der Waals surface area contributed by atoms with Crippen molar-refractivity contribution in [3.05, 3.63) is 53.1 Å². The molecule has 1 aromatic heterocycles. The Morgan fingerprint density at radius 2 is 1.92 bits per heavy atom. The number of aromatic nitrogens is 1. The highest BCUT2D eigenvalue weighted by Gasteiger charge is 2.14. The van der Waals surface area contributed by atoms with Crippen LogP contribution >= 0.6 is 11.3 Å². The zero-order valence-electron chi connectivity index (χ0n) is 13.5. The van der Waals surface area contributed by atoms with Gasteiger partial charge in [-0.15, -0.1) is 0 Å². The van der Waals surface area contributed by atoms with Crippen LogP contribution in [0.5, 0.6) is 0 Å². The van der Waals surface area contributed by atoms with E-state index in [0.29, 0.717) is 5.13 Å². The Kier molecular flexibility index (Phi) is 4.15. The first-order valence-electron chi connectivity index (χ1n) is 7.23. The Bertz CT molecular complexity index is 1050. The smallest absolute Gasteiger partial charge is 0.257 e. The van der Waals surface area contributed by atoms with E-state index in [1.165, 1.54) is 23.5 Å². The number of anilines is 1. The zero-order valence-corrected chi connectivity index (χ0v) is 15.1. The topological polar surface area (TPSA) is 76.1 Å². The van der Waals surface area contributed by atoms with Crippen molar-refractivity contribution in [3.8, 4) is 0 Å². The maximum atomic E-state index is 12.4. The third-order valence-electron chi connectivity index (χ3n) is 3.56. The van der Waals surface area contributed by atoms with Crippen LogP contribution in [0.4, 0.5) is 5.13 Å². The van der Waals surface area contributed by atoms with Crippen molar-refractivity contribution in [2.75, 3.05) is 11.6 Å². The maximum absolute atomic E-state index is 12.4. The normalized spacial score (nSPS) is 11.6. The Morgan fingerprint density at radius 3 is 2.62 bits per heavy atom. The standard InChI is InChI=1S/C17H16N2O3S2/c1-10-7-11(2)15-14(8-10)18-17(23-15)19-16(20)12-5-4-6-13(9-12)24(3,21)22/h4-9H,1-3H3,(H,18,19,20). The van der Waals surface area contributed by atoms with Gasteiger partial charge in [-0.1, -0.05) is 23.5 Å². The average molecular weight is 360 g/mol. The van der Waals surface area contributed by atoms with Crippen LogP contribution in [0.2, 0.25) is 0 Å². The van der Waals surface area contributed by atoms with Gasteiger partial charge in [0.2, 0.25) is 0 Å². The van der Waals surface area contributed by atoms with Crippen molar-refractivity contribution in [2.45, 2.75) is 18.7 Å². The molecule has 5 nitrogen and oxygen atoms in total. The molecule has 24 heavy (non-hydrogen) atoms. The quantitative estimate of drug-likeness (QED) is 0.775. The number of nitrogens with zero attached hydrogens (tertiary/aromatic N) is 1. The van der Waals surface area contributed by atoms with Crippen molar-refractivity contribution in [2.24, 2.45) is 0 Å². The third kappa shape index (κ3) is 3.32. The summed E-state index contributed by atoms with van der Waals surface area (Å²) in [7, 11) is -3.36.